The molecule has 2 aromatic rings. The van der Waals surface area contributed by atoms with Crippen LogP contribution in [0.2, 0.25) is 0 Å². The fraction of sp³-hybridized carbons (Fsp3) is 0.300. The fourth-order valence-electron chi connectivity index (χ4n) is 2.20. The molecule has 0 aromatic heterocycles. The topological polar surface area (TPSA) is 0 Å². The van der Waals surface area contributed by atoms with Crippen molar-refractivity contribution in [1.82, 2.24) is 0 Å². The van der Waals surface area contributed by atoms with Crippen LogP contribution in [0.4, 0.5) is 0 Å². The summed E-state index contributed by atoms with van der Waals surface area (Å²) in [7, 11) is 0. The van der Waals surface area contributed by atoms with E-state index in [4.69, 9.17) is 0 Å². The molecule has 20 heavy (non-hydrogen) atoms. The molecule has 0 heteroatoms. The minimum Gasteiger partial charge on any atom is -0.0836 e. The lowest BCUT2D eigenvalue weighted by molar-refractivity contribution is 1.04. The summed E-state index contributed by atoms with van der Waals surface area (Å²) in [6.07, 6.45) is 9.15. The predicted molar refractivity (Wildman–Crippen MR) is 93.0 cm³/mol. The normalized spacial score (nSPS) is 12.7. The molecule has 0 unspecified atom stereocenters. The smallest absolute Gasteiger partial charge is 0.0178 e. The van der Waals surface area contributed by atoms with Crippen LogP contribution in [0.1, 0.15) is 46.1 Å². The van der Waals surface area contributed by atoms with E-state index in [2.05, 4.69) is 60.7 Å². The number of hydrogen-bond acceptors (Lipinski definition) is 0. The van der Waals surface area contributed by atoms with Crippen molar-refractivity contribution in [3.05, 3.63) is 66.3 Å². The van der Waals surface area contributed by atoms with Crippen molar-refractivity contribution in [2.75, 3.05) is 0 Å². The summed E-state index contributed by atoms with van der Waals surface area (Å²) in [6.45, 7) is 8.00. The van der Waals surface area contributed by atoms with Crippen LogP contribution >= 0.6 is 0 Å². The maximum absolute atomic E-state index is 2.32. The maximum atomic E-state index is 2.32. The van der Waals surface area contributed by atoms with Crippen LogP contribution in [0.15, 0.2) is 60.7 Å². The van der Waals surface area contributed by atoms with Crippen LogP contribution in [0.3, 0.4) is 0 Å². The molecule has 0 saturated carbocycles. The molecular formula is C20H26. The van der Waals surface area contributed by atoms with Gasteiger partial charge in [-0.1, -0.05) is 82.3 Å². The average Bonchev–Trinajstić information content (AvgIpc) is 2.59. The average molecular weight is 266 g/mol. The molecule has 0 nitrogen and oxygen atoms in total. The summed E-state index contributed by atoms with van der Waals surface area (Å²) in [5, 5.41) is 2.63. The SMILES string of the molecule is C1=CC(c2ccc3ccccc3c2)=CCC1.CC.CC. The Morgan fingerprint density at radius 1 is 0.750 bits per heavy atom. The van der Waals surface area contributed by atoms with Crippen molar-refractivity contribution in [2.45, 2.75) is 40.5 Å². The molecule has 0 aliphatic heterocycles. The zero-order valence-corrected chi connectivity index (χ0v) is 13.2. The summed E-state index contributed by atoms with van der Waals surface area (Å²) >= 11 is 0. The van der Waals surface area contributed by atoms with E-state index in [-0.39, 0.29) is 0 Å². The van der Waals surface area contributed by atoms with Gasteiger partial charge < -0.3 is 0 Å². The van der Waals surface area contributed by atoms with E-state index in [9.17, 15) is 0 Å². The fourth-order valence-corrected chi connectivity index (χ4v) is 2.20. The Hall–Kier alpha value is -1.82. The molecule has 0 atom stereocenters. The Morgan fingerprint density at radius 2 is 1.45 bits per heavy atom. The second-order valence-corrected chi connectivity index (χ2v) is 4.20. The van der Waals surface area contributed by atoms with Crippen molar-refractivity contribution in [3.8, 4) is 0 Å². The van der Waals surface area contributed by atoms with Crippen LogP contribution in [0, 0.1) is 0 Å². The highest BCUT2D eigenvalue weighted by Crippen LogP contribution is 2.24. The molecule has 106 valence electrons. The van der Waals surface area contributed by atoms with Gasteiger partial charge in [-0.05, 0) is 40.8 Å². The molecule has 0 bridgehead atoms. The monoisotopic (exact) mass is 266 g/mol. The van der Waals surface area contributed by atoms with Gasteiger partial charge in [0.1, 0.15) is 0 Å². The largest absolute Gasteiger partial charge is 0.0836 e. The van der Waals surface area contributed by atoms with Gasteiger partial charge in [-0.2, -0.15) is 0 Å². The van der Waals surface area contributed by atoms with Gasteiger partial charge >= 0.3 is 0 Å². The first kappa shape index (κ1) is 16.2. The first-order chi connectivity index (χ1) is 9.93. The van der Waals surface area contributed by atoms with Crippen molar-refractivity contribution in [1.29, 1.82) is 0 Å². The van der Waals surface area contributed by atoms with Crippen LogP contribution < -0.4 is 0 Å². The Labute approximate surface area is 123 Å². The molecule has 0 heterocycles. The van der Waals surface area contributed by atoms with Crippen LogP contribution in [-0.4, -0.2) is 0 Å². The third-order valence-electron chi connectivity index (χ3n) is 3.08. The van der Waals surface area contributed by atoms with E-state index in [0.29, 0.717) is 0 Å². The van der Waals surface area contributed by atoms with Crippen LogP contribution in [-0.2, 0) is 0 Å². The van der Waals surface area contributed by atoms with E-state index >= 15 is 0 Å². The molecule has 0 saturated heterocycles. The van der Waals surface area contributed by atoms with Gasteiger partial charge in [0.05, 0.1) is 0 Å². The molecule has 2 aromatic carbocycles. The zero-order chi connectivity index (χ0) is 14.8. The molecule has 0 fully saturated rings. The summed E-state index contributed by atoms with van der Waals surface area (Å²) in [5.74, 6) is 0. The number of benzene rings is 2. The van der Waals surface area contributed by atoms with E-state index in [1.54, 1.807) is 0 Å². The van der Waals surface area contributed by atoms with Gasteiger partial charge in [0, 0.05) is 0 Å². The second-order valence-electron chi connectivity index (χ2n) is 4.20. The molecule has 0 radical (unpaired) electrons. The van der Waals surface area contributed by atoms with Crippen molar-refractivity contribution in [3.63, 3.8) is 0 Å². The molecule has 3 rings (SSSR count). The lowest BCUT2D eigenvalue weighted by atomic mass is 9.97. The quantitative estimate of drug-likeness (QED) is 0.543. The molecule has 0 N–H and O–H groups in total. The van der Waals surface area contributed by atoms with Gasteiger partial charge in [0.2, 0.25) is 0 Å². The van der Waals surface area contributed by atoms with E-state index in [1.807, 2.05) is 27.7 Å². The molecule has 1 aliphatic carbocycles. The Kier molecular flexibility index (Phi) is 7.42. The van der Waals surface area contributed by atoms with Gasteiger partial charge in [-0.25, -0.2) is 0 Å². The van der Waals surface area contributed by atoms with Crippen molar-refractivity contribution < 1.29 is 0 Å². The Balaban J connectivity index is 0.000000461. The molecule has 1 aliphatic rings. The Bertz CT molecular complexity index is 573. The number of allylic oxidation sites excluding steroid dienone is 4. The van der Waals surface area contributed by atoms with Crippen molar-refractivity contribution in [2.24, 2.45) is 0 Å². The van der Waals surface area contributed by atoms with Gasteiger partial charge in [0.25, 0.3) is 0 Å². The zero-order valence-electron chi connectivity index (χ0n) is 13.2. The van der Waals surface area contributed by atoms with Crippen LogP contribution in [0.25, 0.3) is 16.3 Å². The minimum absolute atomic E-state index is 1.17. The third-order valence-corrected chi connectivity index (χ3v) is 3.08. The van der Waals surface area contributed by atoms with Crippen molar-refractivity contribution >= 4 is 16.3 Å². The highest BCUT2D eigenvalue weighted by Gasteiger charge is 2.01. The van der Waals surface area contributed by atoms with E-state index in [1.165, 1.54) is 34.8 Å². The van der Waals surface area contributed by atoms with Gasteiger partial charge in [0.15, 0.2) is 0 Å². The predicted octanol–water partition coefficient (Wildman–Crippen LogP) is 6.63. The minimum atomic E-state index is 1.17. The van der Waals surface area contributed by atoms with Gasteiger partial charge in [-0.15, -0.1) is 0 Å². The summed E-state index contributed by atoms with van der Waals surface area (Å²) in [6, 6.07) is 15.2. The van der Waals surface area contributed by atoms with E-state index in [0.717, 1.165) is 0 Å². The first-order valence-electron chi connectivity index (χ1n) is 7.79. The highest BCUT2D eigenvalue weighted by atomic mass is 14.1. The molecular weight excluding hydrogens is 240 g/mol. The Morgan fingerprint density at radius 3 is 2.10 bits per heavy atom. The van der Waals surface area contributed by atoms with Crippen LogP contribution in [0.5, 0.6) is 0 Å². The summed E-state index contributed by atoms with van der Waals surface area (Å²) < 4.78 is 0. The second kappa shape index (κ2) is 9.14. The number of hydrogen-bond donors (Lipinski definition) is 0. The summed E-state index contributed by atoms with van der Waals surface area (Å²) in [4.78, 5) is 0. The lowest BCUT2D eigenvalue weighted by Gasteiger charge is -2.08. The number of rotatable bonds is 1. The number of fused-ring (bicyclic) bond motifs is 1. The van der Waals surface area contributed by atoms with E-state index < -0.39 is 0 Å². The molecule has 0 spiro atoms. The summed E-state index contributed by atoms with van der Waals surface area (Å²) in [5.41, 5.74) is 2.69. The maximum Gasteiger partial charge on any atom is -0.0178 e. The first-order valence-corrected chi connectivity index (χ1v) is 7.79. The highest BCUT2D eigenvalue weighted by molar-refractivity contribution is 5.88. The third kappa shape index (κ3) is 4.09. The molecule has 0 amide bonds. The van der Waals surface area contributed by atoms with Gasteiger partial charge in [-0.3, -0.25) is 0 Å². The lowest BCUT2D eigenvalue weighted by Crippen LogP contribution is -1.85. The standard InChI is InChI=1S/C16H14.2C2H6/c1-2-6-13(7-3-1)16-11-10-14-8-4-5-9-15(14)12-16;2*1-2/h2,4-12H,1,3H2;2*1-2H3.